The van der Waals surface area contributed by atoms with Gasteiger partial charge in [-0.25, -0.2) is 0 Å². The Balaban J connectivity index is 1.53. The van der Waals surface area contributed by atoms with Crippen LogP contribution in [0.2, 0.25) is 0 Å². The van der Waals surface area contributed by atoms with Gasteiger partial charge < -0.3 is 9.64 Å². The topological polar surface area (TPSA) is 57.3 Å². The number of hydrogen-bond acceptors (Lipinski definition) is 5. The summed E-state index contributed by atoms with van der Waals surface area (Å²) in [4.78, 5) is 9.33. The van der Waals surface area contributed by atoms with Crippen LogP contribution >= 0.6 is 0 Å². The van der Waals surface area contributed by atoms with Crippen LogP contribution in [-0.2, 0) is 11.3 Å². The predicted molar refractivity (Wildman–Crippen MR) is 92.5 cm³/mol. The van der Waals surface area contributed by atoms with Crippen molar-refractivity contribution in [2.75, 3.05) is 32.8 Å². The van der Waals surface area contributed by atoms with E-state index < -0.39 is 0 Å². The van der Waals surface area contributed by atoms with Crippen molar-refractivity contribution in [3.05, 3.63) is 36.3 Å². The number of rotatable bonds is 4. The van der Waals surface area contributed by atoms with Gasteiger partial charge in [-0.2, -0.15) is 5.10 Å². The standard InChI is InChI=1S/C18H25N5O/c1-2-22-7-5-17-16(13-22)23(8-9-24-17)12-15-11-20-21-18(15)14-4-3-6-19-10-14/h3-4,6,10-11,16-17H,2,5,7-9,12-13H2,1H3,(H,20,21)/t16-,17+/m0/s1. The molecule has 2 fully saturated rings. The average Bonchev–Trinajstić information content (AvgIpc) is 3.10. The van der Waals surface area contributed by atoms with E-state index in [9.17, 15) is 0 Å². The number of likely N-dealkylation sites (tertiary alicyclic amines) is 1. The van der Waals surface area contributed by atoms with Crippen LogP contribution in [0.15, 0.2) is 30.7 Å². The summed E-state index contributed by atoms with van der Waals surface area (Å²) in [7, 11) is 0. The van der Waals surface area contributed by atoms with Gasteiger partial charge in [0.2, 0.25) is 0 Å². The highest BCUT2D eigenvalue weighted by Gasteiger charge is 2.36. The van der Waals surface area contributed by atoms with Gasteiger partial charge in [-0.3, -0.25) is 15.0 Å². The molecule has 0 aliphatic carbocycles. The Hall–Kier alpha value is -1.76. The Labute approximate surface area is 142 Å². The van der Waals surface area contributed by atoms with E-state index in [-0.39, 0.29) is 0 Å². The van der Waals surface area contributed by atoms with Gasteiger partial charge in [0.05, 0.1) is 24.6 Å². The summed E-state index contributed by atoms with van der Waals surface area (Å²) < 4.78 is 6.04. The first-order chi connectivity index (χ1) is 11.8. The zero-order valence-corrected chi connectivity index (χ0v) is 14.2. The van der Waals surface area contributed by atoms with E-state index in [0.717, 1.165) is 57.0 Å². The van der Waals surface area contributed by atoms with E-state index in [2.05, 4.69) is 38.0 Å². The van der Waals surface area contributed by atoms with Gasteiger partial charge >= 0.3 is 0 Å². The number of aromatic nitrogens is 3. The maximum atomic E-state index is 6.04. The number of H-pyrrole nitrogens is 1. The van der Waals surface area contributed by atoms with Crippen molar-refractivity contribution in [1.29, 1.82) is 0 Å². The molecule has 0 radical (unpaired) electrons. The molecule has 0 bridgehead atoms. The molecule has 4 heterocycles. The summed E-state index contributed by atoms with van der Waals surface area (Å²) in [6.07, 6.45) is 7.14. The molecule has 2 aliphatic rings. The van der Waals surface area contributed by atoms with Crippen LogP contribution in [0.1, 0.15) is 18.9 Å². The van der Waals surface area contributed by atoms with Gasteiger partial charge in [0.15, 0.2) is 0 Å². The molecule has 6 heteroatoms. The van der Waals surface area contributed by atoms with Gasteiger partial charge in [0, 0.05) is 55.7 Å². The summed E-state index contributed by atoms with van der Waals surface area (Å²) in [5.74, 6) is 0. The van der Waals surface area contributed by atoms with Crippen molar-refractivity contribution in [2.45, 2.75) is 32.0 Å². The highest BCUT2D eigenvalue weighted by molar-refractivity contribution is 5.61. The molecule has 0 amide bonds. The minimum atomic E-state index is 0.371. The number of hydrogen-bond donors (Lipinski definition) is 1. The molecular formula is C18H25N5O. The summed E-state index contributed by atoms with van der Waals surface area (Å²) in [5.41, 5.74) is 3.40. The molecule has 2 aromatic heterocycles. The van der Waals surface area contributed by atoms with E-state index >= 15 is 0 Å². The number of pyridine rings is 1. The van der Waals surface area contributed by atoms with Crippen LogP contribution in [0.25, 0.3) is 11.3 Å². The number of likely N-dealkylation sites (N-methyl/N-ethyl adjacent to an activating group) is 1. The van der Waals surface area contributed by atoms with Crippen LogP contribution in [0.4, 0.5) is 0 Å². The van der Waals surface area contributed by atoms with E-state index in [1.807, 2.05) is 18.5 Å². The first-order valence-electron chi connectivity index (χ1n) is 8.86. The summed E-state index contributed by atoms with van der Waals surface area (Å²) in [5, 5.41) is 7.42. The zero-order valence-electron chi connectivity index (χ0n) is 14.2. The smallest absolute Gasteiger partial charge is 0.0755 e. The Morgan fingerprint density at radius 1 is 1.33 bits per heavy atom. The fraction of sp³-hybridized carbons (Fsp3) is 0.556. The Morgan fingerprint density at radius 2 is 2.29 bits per heavy atom. The fourth-order valence-corrected chi connectivity index (χ4v) is 3.90. The molecule has 0 aromatic carbocycles. The molecule has 1 N–H and O–H groups in total. The lowest BCUT2D eigenvalue weighted by Crippen LogP contribution is -2.59. The first kappa shape index (κ1) is 15.7. The van der Waals surface area contributed by atoms with Crippen molar-refractivity contribution in [2.24, 2.45) is 0 Å². The SMILES string of the molecule is CCN1CC[C@H]2OCCN(Cc3cn[nH]c3-c3cccnc3)[C@H]2C1. The summed E-state index contributed by atoms with van der Waals surface area (Å²) in [6.45, 7) is 8.32. The minimum absolute atomic E-state index is 0.371. The molecule has 24 heavy (non-hydrogen) atoms. The van der Waals surface area contributed by atoms with Gasteiger partial charge in [-0.15, -0.1) is 0 Å². The summed E-state index contributed by atoms with van der Waals surface area (Å²) in [6, 6.07) is 4.51. The maximum absolute atomic E-state index is 6.04. The van der Waals surface area contributed by atoms with Crippen LogP contribution in [-0.4, -0.2) is 69.9 Å². The van der Waals surface area contributed by atoms with E-state index in [1.54, 1.807) is 6.20 Å². The number of morpholine rings is 1. The monoisotopic (exact) mass is 327 g/mol. The van der Waals surface area contributed by atoms with E-state index in [1.165, 1.54) is 5.56 Å². The highest BCUT2D eigenvalue weighted by atomic mass is 16.5. The largest absolute Gasteiger partial charge is 0.375 e. The number of nitrogens with one attached hydrogen (secondary N) is 1. The minimum Gasteiger partial charge on any atom is -0.375 e. The predicted octanol–water partition coefficient (Wildman–Crippen LogP) is 1.77. The third-order valence-corrected chi connectivity index (χ3v) is 5.27. The fourth-order valence-electron chi connectivity index (χ4n) is 3.90. The second kappa shape index (κ2) is 7.01. The van der Waals surface area contributed by atoms with Crippen molar-refractivity contribution in [3.63, 3.8) is 0 Å². The molecular weight excluding hydrogens is 302 g/mol. The molecule has 0 spiro atoms. The Bertz CT molecular complexity index is 658. The van der Waals surface area contributed by atoms with Crippen LogP contribution in [0.3, 0.4) is 0 Å². The molecule has 0 saturated carbocycles. The van der Waals surface area contributed by atoms with E-state index in [4.69, 9.17) is 4.74 Å². The van der Waals surface area contributed by atoms with Gasteiger partial charge in [0.1, 0.15) is 0 Å². The average molecular weight is 327 g/mol. The summed E-state index contributed by atoms with van der Waals surface area (Å²) >= 11 is 0. The third-order valence-electron chi connectivity index (χ3n) is 5.27. The quantitative estimate of drug-likeness (QED) is 0.927. The van der Waals surface area contributed by atoms with Crippen molar-refractivity contribution < 1.29 is 4.74 Å². The molecule has 4 rings (SSSR count). The van der Waals surface area contributed by atoms with Crippen LogP contribution < -0.4 is 0 Å². The normalized spacial score (nSPS) is 25.5. The molecule has 6 nitrogen and oxygen atoms in total. The molecule has 2 aromatic rings. The zero-order chi connectivity index (χ0) is 16.4. The number of nitrogens with zero attached hydrogens (tertiary/aromatic N) is 4. The molecule has 2 aliphatic heterocycles. The molecule has 2 saturated heterocycles. The maximum Gasteiger partial charge on any atom is 0.0755 e. The van der Waals surface area contributed by atoms with Gasteiger partial charge in [-0.05, 0) is 25.1 Å². The van der Waals surface area contributed by atoms with Crippen LogP contribution in [0.5, 0.6) is 0 Å². The van der Waals surface area contributed by atoms with Gasteiger partial charge in [0.25, 0.3) is 0 Å². The van der Waals surface area contributed by atoms with E-state index in [0.29, 0.717) is 12.1 Å². The Kier molecular flexibility index (Phi) is 4.60. The molecule has 128 valence electrons. The van der Waals surface area contributed by atoms with Crippen LogP contribution in [0, 0.1) is 0 Å². The van der Waals surface area contributed by atoms with Crippen molar-refractivity contribution in [1.82, 2.24) is 25.0 Å². The lowest BCUT2D eigenvalue weighted by molar-refractivity contribution is -0.105. The molecule has 0 unspecified atom stereocenters. The van der Waals surface area contributed by atoms with Crippen molar-refractivity contribution in [3.8, 4) is 11.3 Å². The van der Waals surface area contributed by atoms with Crippen molar-refractivity contribution >= 4 is 0 Å². The second-order valence-corrected chi connectivity index (χ2v) is 6.64. The lowest BCUT2D eigenvalue weighted by atomic mass is 9.98. The number of ether oxygens (including phenoxy) is 1. The Morgan fingerprint density at radius 3 is 3.12 bits per heavy atom. The first-order valence-corrected chi connectivity index (χ1v) is 8.86. The second-order valence-electron chi connectivity index (χ2n) is 6.64. The number of fused-ring (bicyclic) bond motifs is 1. The van der Waals surface area contributed by atoms with Gasteiger partial charge in [-0.1, -0.05) is 6.92 Å². The molecule has 2 atom stereocenters. The lowest BCUT2D eigenvalue weighted by Gasteiger charge is -2.47. The number of aromatic amines is 1. The third kappa shape index (κ3) is 3.09. The number of piperidine rings is 1. The highest BCUT2D eigenvalue weighted by Crippen LogP contribution is 2.27.